The molecule has 0 atom stereocenters. The number of hydrogen-bond acceptors (Lipinski definition) is 4. The molecule has 19 heavy (non-hydrogen) atoms. The lowest BCUT2D eigenvalue weighted by molar-refractivity contribution is -0.137. The summed E-state index contributed by atoms with van der Waals surface area (Å²) in [5.74, 6) is 1.19. The Morgan fingerprint density at radius 2 is 2.32 bits per heavy atom. The average Bonchev–Trinajstić information content (AvgIpc) is 2.84. The van der Waals surface area contributed by atoms with Crippen molar-refractivity contribution in [1.82, 2.24) is 15.2 Å². The molecule has 2 rings (SSSR count). The number of carbonyl (C=O) groups is 1. The third kappa shape index (κ3) is 3.80. The van der Waals surface area contributed by atoms with Crippen molar-refractivity contribution in [3.8, 4) is 5.75 Å². The van der Waals surface area contributed by atoms with Gasteiger partial charge in [-0.2, -0.15) is 5.10 Å². The van der Waals surface area contributed by atoms with Crippen LogP contribution in [0.3, 0.4) is 0 Å². The number of benzene rings is 1. The molecule has 0 aliphatic carbocycles. The number of nitrogens with one attached hydrogen (secondary N) is 1. The highest BCUT2D eigenvalue weighted by Crippen LogP contribution is 2.14. The molecule has 1 aromatic carbocycles. The minimum Gasteiger partial charge on any atom is -0.497 e. The summed E-state index contributed by atoms with van der Waals surface area (Å²) in [6.07, 6.45) is 0.984. The zero-order chi connectivity index (χ0) is 13.7. The van der Waals surface area contributed by atoms with Crippen molar-refractivity contribution in [2.45, 2.75) is 19.3 Å². The van der Waals surface area contributed by atoms with Gasteiger partial charge in [0.15, 0.2) is 5.82 Å². The summed E-state index contributed by atoms with van der Waals surface area (Å²) in [7, 11) is 1.62. The van der Waals surface area contributed by atoms with Crippen LogP contribution in [0.4, 0.5) is 0 Å². The Morgan fingerprint density at radius 3 is 3.05 bits per heavy atom. The molecule has 0 saturated carbocycles. The third-order valence-corrected chi connectivity index (χ3v) is 2.65. The Bertz CT molecular complexity index is 566. The molecule has 6 heteroatoms. The molecule has 0 radical (unpaired) electrons. The van der Waals surface area contributed by atoms with Crippen LogP contribution in [0.1, 0.15) is 23.6 Å². The molecule has 0 fully saturated rings. The van der Waals surface area contributed by atoms with Gasteiger partial charge in [0.1, 0.15) is 11.6 Å². The Hall–Kier alpha value is -2.37. The van der Waals surface area contributed by atoms with Crippen LogP contribution < -0.4 is 4.74 Å². The second-order valence-corrected chi connectivity index (χ2v) is 4.12. The maximum atomic E-state index is 10.5. The van der Waals surface area contributed by atoms with Gasteiger partial charge in [0.05, 0.1) is 13.5 Å². The first-order chi connectivity index (χ1) is 9.17. The molecule has 2 N–H and O–H groups in total. The van der Waals surface area contributed by atoms with Crippen molar-refractivity contribution in [3.05, 3.63) is 41.5 Å². The first-order valence-electron chi connectivity index (χ1n) is 5.92. The number of aliphatic carboxylic acids is 1. The number of carboxylic acids is 1. The van der Waals surface area contributed by atoms with E-state index in [-0.39, 0.29) is 6.42 Å². The van der Waals surface area contributed by atoms with Gasteiger partial charge in [0.25, 0.3) is 0 Å². The van der Waals surface area contributed by atoms with E-state index < -0.39 is 5.97 Å². The molecule has 0 amide bonds. The van der Waals surface area contributed by atoms with Crippen molar-refractivity contribution in [1.29, 1.82) is 0 Å². The number of aryl methyl sites for hydroxylation is 1. The lowest BCUT2D eigenvalue weighted by Gasteiger charge is -2.02. The summed E-state index contributed by atoms with van der Waals surface area (Å²) in [6.45, 7) is 0. The van der Waals surface area contributed by atoms with Gasteiger partial charge >= 0.3 is 5.97 Å². The molecule has 1 aromatic heterocycles. The zero-order valence-corrected chi connectivity index (χ0v) is 10.6. The van der Waals surface area contributed by atoms with E-state index in [1.54, 1.807) is 7.11 Å². The van der Waals surface area contributed by atoms with Crippen LogP contribution in [0, 0.1) is 0 Å². The van der Waals surface area contributed by atoms with Crippen LogP contribution in [-0.2, 0) is 17.6 Å². The van der Waals surface area contributed by atoms with E-state index in [1.165, 1.54) is 0 Å². The quantitative estimate of drug-likeness (QED) is 0.821. The number of nitrogens with zero attached hydrogens (tertiary/aromatic N) is 2. The van der Waals surface area contributed by atoms with Crippen molar-refractivity contribution >= 4 is 5.97 Å². The summed E-state index contributed by atoms with van der Waals surface area (Å²) in [5, 5.41) is 15.4. The normalized spacial score (nSPS) is 10.4. The smallest absolute Gasteiger partial charge is 0.303 e. The zero-order valence-electron chi connectivity index (χ0n) is 10.6. The molecular formula is C13H15N3O3. The Labute approximate surface area is 110 Å². The fourth-order valence-electron chi connectivity index (χ4n) is 1.72. The molecule has 6 nitrogen and oxygen atoms in total. The summed E-state index contributed by atoms with van der Waals surface area (Å²) < 4.78 is 5.15. The summed E-state index contributed by atoms with van der Waals surface area (Å²) >= 11 is 0. The van der Waals surface area contributed by atoms with E-state index in [0.29, 0.717) is 24.5 Å². The molecule has 0 spiro atoms. The van der Waals surface area contributed by atoms with E-state index in [1.807, 2.05) is 24.3 Å². The Morgan fingerprint density at radius 1 is 1.47 bits per heavy atom. The predicted molar refractivity (Wildman–Crippen MR) is 68.1 cm³/mol. The van der Waals surface area contributed by atoms with E-state index in [0.717, 1.165) is 11.3 Å². The van der Waals surface area contributed by atoms with Gasteiger partial charge in [-0.1, -0.05) is 12.1 Å². The largest absolute Gasteiger partial charge is 0.497 e. The molecule has 1 heterocycles. The van der Waals surface area contributed by atoms with Gasteiger partial charge in [-0.05, 0) is 17.7 Å². The number of carboxylic acid groups (broad SMARTS) is 1. The molecular weight excluding hydrogens is 246 g/mol. The highest BCUT2D eigenvalue weighted by Gasteiger charge is 2.07. The van der Waals surface area contributed by atoms with Crippen LogP contribution >= 0.6 is 0 Å². The van der Waals surface area contributed by atoms with E-state index >= 15 is 0 Å². The standard InChI is InChI=1S/C13H15N3O3/c1-19-10-4-2-3-9(7-10)8-12-14-11(15-16-12)5-6-13(17)18/h2-4,7H,5-6,8H2,1H3,(H,17,18)(H,14,15,16). The van der Waals surface area contributed by atoms with E-state index in [4.69, 9.17) is 9.84 Å². The highest BCUT2D eigenvalue weighted by molar-refractivity contribution is 5.66. The Kier molecular flexibility index (Phi) is 4.12. The first-order valence-corrected chi connectivity index (χ1v) is 5.92. The summed E-state index contributed by atoms with van der Waals surface area (Å²) in [6, 6.07) is 7.69. The predicted octanol–water partition coefficient (Wildman–Crippen LogP) is 1.42. The number of rotatable bonds is 6. The molecule has 0 aliphatic rings. The lowest BCUT2D eigenvalue weighted by atomic mass is 10.1. The molecule has 0 saturated heterocycles. The number of aromatic nitrogens is 3. The van der Waals surface area contributed by atoms with Gasteiger partial charge < -0.3 is 9.84 Å². The topological polar surface area (TPSA) is 88.1 Å². The molecule has 2 aromatic rings. The number of H-pyrrole nitrogens is 1. The fraction of sp³-hybridized carbons (Fsp3) is 0.308. The molecule has 0 aliphatic heterocycles. The van der Waals surface area contributed by atoms with Crippen LogP contribution in [0.15, 0.2) is 24.3 Å². The van der Waals surface area contributed by atoms with Crippen molar-refractivity contribution in [2.75, 3.05) is 7.11 Å². The number of ether oxygens (including phenoxy) is 1. The second kappa shape index (κ2) is 5.99. The summed E-state index contributed by atoms with van der Waals surface area (Å²) in [5.41, 5.74) is 1.06. The fourth-order valence-corrected chi connectivity index (χ4v) is 1.72. The van der Waals surface area contributed by atoms with Crippen LogP contribution in [-0.4, -0.2) is 33.4 Å². The van der Waals surface area contributed by atoms with E-state index in [2.05, 4.69) is 15.2 Å². The monoisotopic (exact) mass is 261 g/mol. The minimum atomic E-state index is -0.848. The van der Waals surface area contributed by atoms with Gasteiger partial charge in [0.2, 0.25) is 0 Å². The van der Waals surface area contributed by atoms with Gasteiger partial charge in [-0.3, -0.25) is 9.89 Å². The minimum absolute atomic E-state index is 0.0381. The van der Waals surface area contributed by atoms with E-state index in [9.17, 15) is 4.79 Å². The third-order valence-electron chi connectivity index (χ3n) is 2.65. The molecule has 100 valence electrons. The van der Waals surface area contributed by atoms with Crippen molar-refractivity contribution in [3.63, 3.8) is 0 Å². The Balaban J connectivity index is 2.00. The number of aromatic amines is 1. The SMILES string of the molecule is COc1cccc(Cc2nc(CCC(=O)O)n[nH]2)c1. The van der Waals surface area contributed by atoms with Crippen molar-refractivity contribution in [2.24, 2.45) is 0 Å². The van der Waals surface area contributed by atoms with Gasteiger partial charge in [-0.25, -0.2) is 4.98 Å². The van der Waals surface area contributed by atoms with Gasteiger partial charge in [-0.15, -0.1) is 0 Å². The van der Waals surface area contributed by atoms with Gasteiger partial charge in [0, 0.05) is 12.8 Å². The first kappa shape index (κ1) is 13.1. The van der Waals surface area contributed by atoms with Crippen LogP contribution in [0.25, 0.3) is 0 Å². The highest BCUT2D eigenvalue weighted by atomic mass is 16.5. The maximum absolute atomic E-state index is 10.5. The lowest BCUT2D eigenvalue weighted by Crippen LogP contribution is -1.99. The van der Waals surface area contributed by atoms with Crippen LogP contribution in [0.2, 0.25) is 0 Å². The summed E-state index contributed by atoms with van der Waals surface area (Å²) in [4.78, 5) is 14.7. The molecule has 0 bridgehead atoms. The number of hydrogen-bond donors (Lipinski definition) is 2. The van der Waals surface area contributed by atoms with Crippen LogP contribution in [0.5, 0.6) is 5.75 Å². The number of methoxy groups -OCH3 is 1. The maximum Gasteiger partial charge on any atom is 0.303 e. The van der Waals surface area contributed by atoms with Crippen molar-refractivity contribution < 1.29 is 14.6 Å². The molecule has 0 unspecified atom stereocenters. The second-order valence-electron chi connectivity index (χ2n) is 4.12. The average molecular weight is 261 g/mol.